The average molecular weight is 537 g/mol. The van der Waals surface area contributed by atoms with E-state index >= 15 is 0 Å². The summed E-state index contributed by atoms with van der Waals surface area (Å²) in [6.07, 6.45) is 0.792. The second-order valence-electron chi connectivity index (χ2n) is 11.4. The molecule has 0 aliphatic carbocycles. The van der Waals surface area contributed by atoms with Crippen molar-refractivity contribution in [3.8, 4) is 5.75 Å². The number of benzene rings is 3. The van der Waals surface area contributed by atoms with Crippen LogP contribution in [0.15, 0.2) is 89.3 Å². The van der Waals surface area contributed by atoms with Crippen LogP contribution in [-0.2, 0) is 24.4 Å². The highest BCUT2D eigenvalue weighted by Gasteiger charge is 2.37. The molecule has 0 bridgehead atoms. The van der Waals surface area contributed by atoms with Crippen LogP contribution in [0, 0.1) is 12.3 Å². The number of furan rings is 1. The minimum Gasteiger partial charge on any atom is -0.486 e. The van der Waals surface area contributed by atoms with Crippen molar-refractivity contribution in [3.05, 3.63) is 124 Å². The highest BCUT2D eigenvalue weighted by Crippen LogP contribution is 2.39. The summed E-state index contributed by atoms with van der Waals surface area (Å²) in [5.41, 5.74) is 5.06. The molecule has 1 N–H and O–H groups in total. The predicted octanol–water partition coefficient (Wildman–Crippen LogP) is 6.62. The van der Waals surface area contributed by atoms with E-state index in [0.717, 1.165) is 28.7 Å². The van der Waals surface area contributed by atoms with Gasteiger partial charge in [-0.05, 0) is 59.9 Å². The first kappa shape index (κ1) is 27.3. The highest BCUT2D eigenvalue weighted by atomic mass is 16.5. The lowest BCUT2D eigenvalue weighted by atomic mass is 9.85. The summed E-state index contributed by atoms with van der Waals surface area (Å²) < 4.78 is 11.9. The summed E-state index contributed by atoms with van der Waals surface area (Å²) in [5, 5.41) is 2.90. The molecule has 2 heterocycles. The van der Waals surface area contributed by atoms with Crippen molar-refractivity contribution in [1.29, 1.82) is 0 Å². The van der Waals surface area contributed by atoms with Gasteiger partial charge in [-0.25, -0.2) is 0 Å². The van der Waals surface area contributed by atoms with Crippen LogP contribution >= 0.6 is 0 Å². The summed E-state index contributed by atoms with van der Waals surface area (Å²) in [7, 11) is 0. The molecule has 0 radical (unpaired) electrons. The van der Waals surface area contributed by atoms with E-state index in [1.165, 1.54) is 5.56 Å². The monoisotopic (exact) mass is 536 g/mol. The molecule has 0 spiro atoms. The molecule has 206 valence electrons. The van der Waals surface area contributed by atoms with Crippen LogP contribution in [0.5, 0.6) is 5.75 Å². The van der Waals surface area contributed by atoms with Gasteiger partial charge in [0.1, 0.15) is 18.1 Å². The third-order valence-electron chi connectivity index (χ3n) is 7.17. The van der Waals surface area contributed by atoms with Crippen molar-refractivity contribution < 1.29 is 18.7 Å². The molecule has 6 heteroatoms. The first-order chi connectivity index (χ1) is 19.2. The van der Waals surface area contributed by atoms with E-state index in [1.807, 2.05) is 87.2 Å². The van der Waals surface area contributed by atoms with Crippen molar-refractivity contribution in [2.24, 2.45) is 5.41 Å². The molecule has 0 saturated carbocycles. The Morgan fingerprint density at radius 2 is 1.77 bits per heavy atom. The number of hydrogen-bond donors (Lipinski definition) is 1. The molecule has 5 rings (SSSR count). The Morgan fingerprint density at radius 3 is 2.52 bits per heavy atom. The molecule has 2 amide bonds. The van der Waals surface area contributed by atoms with Crippen molar-refractivity contribution in [3.63, 3.8) is 0 Å². The van der Waals surface area contributed by atoms with E-state index in [4.69, 9.17) is 9.15 Å². The minimum absolute atomic E-state index is 0.127. The van der Waals surface area contributed by atoms with Gasteiger partial charge >= 0.3 is 0 Å². The summed E-state index contributed by atoms with van der Waals surface area (Å²) in [4.78, 5) is 28.1. The third-order valence-corrected chi connectivity index (χ3v) is 7.17. The van der Waals surface area contributed by atoms with Gasteiger partial charge in [-0.1, -0.05) is 87.0 Å². The van der Waals surface area contributed by atoms with E-state index in [0.29, 0.717) is 24.6 Å². The minimum atomic E-state index is -0.484. The van der Waals surface area contributed by atoms with Gasteiger partial charge in [0.05, 0.1) is 6.04 Å². The maximum Gasteiger partial charge on any atom is 0.287 e. The molecule has 1 atom stereocenters. The summed E-state index contributed by atoms with van der Waals surface area (Å²) in [5.74, 6) is 1.35. The largest absolute Gasteiger partial charge is 0.486 e. The van der Waals surface area contributed by atoms with E-state index in [2.05, 4.69) is 23.5 Å². The quantitative estimate of drug-likeness (QED) is 0.288. The number of fused-ring (bicyclic) bond motifs is 1. The van der Waals surface area contributed by atoms with E-state index in [1.54, 1.807) is 12.1 Å². The van der Waals surface area contributed by atoms with Crippen LogP contribution in [0.3, 0.4) is 0 Å². The lowest BCUT2D eigenvalue weighted by molar-refractivity contribution is -0.141. The molecule has 0 saturated heterocycles. The van der Waals surface area contributed by atoms with Crippen molar-refractivity contribution in [1.82, 2.24) is 10.2 Å². The highest BCUT2D eigenvalue weighted by molar-refractivity contribution is 5.91. The van der Waals surface area contributed by atoms with E-state index in [9.17, 15) is 9.59 Å². The van der Waals surface area contributed by atoms with Crippen LogP contribution in [0.25, 0.3) is 0 Å². The Hall–Kier alpha value is -4.32. The predicted molar refractivity (Wildman–Crippen MR) is 155 cm³/mol. The van der Waals surface area contributed by atoms with Crippen molar-refractivity contribution in [2.75, 3.05) is 6.54 Å². The zero-order valence-corrected chi connectivity index (χ0v) is 23.6. The van der Waals surface area contributed by atoms with Gasteiger partial charge in [0.2, 0.25) is 5.91 Å². The first-order valence-corrected chi connectivity index (χ1v) is 13.7. The topological polar surface area (TPSA) is 71.8 Å². The van der Waals surface area contributed by atoms with Crippen LogP contribution in [0.1, 0.15) is 70.9 Å². The molecule has 0 fully saturated rings. The number of amides is 2. The van der Waals surface area contributed by atoms with Crippen molar-refractivity contribution in [2.45, 2.75) is 53.3 Å². The second-order valence-corrected chi connectivity index (χ2v) is 11.4. The molecular weight excluding hydrogens is 500 g/mol. The van der Waals surface area contributed by atoms with Gasteiger partial charge in [0.25, 0.3) is 5.91 Å². The van der Waals surface area contributed by atoms with Gasteiger partial charge in [-0.15, -0.1) is 0 Å². The van der Waals surface area contributed by atoms with Crippen LogP contribution in [-0.4, -0.2) is 23.3 Å². The van der Waals surface area contributed by atoms with Gasteiger partial charge in [-0.3, -0.25) is 9.59 Å². The first-order valence-electron chi connectivity index (χ1n) is 13.7. The second kappa shape index (κ2) is 11.4. The van der Waals surface area contributed by atoms with Gasteiger partial charge < -0.3 is 19.4 Å². The molecule has 6 nitrogen and oxygen atoms in total. The molecular formula is C34H36N2O4. The number of rotatable bonds is 7. The fourth-order valence-electron chi connectivity index (χ4n) is 5.15. The van der Waals surface area contributed by atoms with Gasteiger partial charge in [0.15, 0.2) is 5.76 Å². The molecule has 40 heavy (non-hydrogen) atoms. The third kappa shape index (κ3) is 6.12. The lowest BCUT2D eigenvalue weighted by Gasteiger charge is -2.41. The molecule has 1 aromatic heterocycles. The smallest absolute Gasteiger partial charge is 0.287 e. The summed E-state index contributed by atoms with van der Waals surface area (Å²) in [6.45, 7) is 9.21. The number of nitrogens with one attached hydrogen (secondary N) is 1. The Morgan fingerprint density at radius 1 is 0.975 bits per heavy atom. The maximum atomic E-state index is 13.5. The van der Waals surface area contributed by atoms with Crippen LogP contribution in [0.4, 0.5) is 0 Å². The van der Waals surface area contributed by atoms with Crippen LogP contribution in [0.2, 0.25) is 0 Å². The Balaban J connectivity index is 1.30. The SMILES string of the molecule is Cc1cccc(CNC(=O)c2ccc(COc3ccc4c(c3)C(c3ccccc3)N(C(=O)C(C)(C)C)CC4)o2)c1. The number of ether oxygens (including phenoxy) is 1. The standard InChI is InChI=1S/C34H36N2O4/c1-23-9-8-10-24(19-23)21-35-32(37)30-16-15-28(40-30)22-39-27-14-13-25-17-18-36(33(38)34(2,3)4)31(29(25)20-27)26-11-6-5-7-12-26/h5-16,19-20,31H,17-18,21-22H2,1-4H3,(H,35,37). The summed E-state index contributed by atoms with van der Waals surface area (Å²) >= 11 is 0. The molecule has 1 unspecified atom stereocenters. The number of carbonyl (C=O) groups excluding carboxylic acids is 2. The maximum absolute atomic E-state index is 13.5. The fraction of sp³-hybridized carbons (Fsp3) is 0.294. The number of hydrogen-bond acceptors (Lipinski definition) is 4. The van der Waals surface area contributed by atoms with Gasteiger partial charge in [-0.2, -0.15) is 0 Å². The molecule has 4 aromatic rings. The summed E-state index contributed by atoms with van der Waals surface area (Å²) in [6, 6.07) is 27.5. The van der Waals surface area contributed by atoms with E-state index in [-0.39, 0.29) is 30.2 Å². The Bertz CT molecular complexity index is 1500. The lowest BCUT2D eigenvalue weighted by Crippen LogP contribution is -2.45. The molecule has 1 aliphatic heterocycles. The number of aryl methyl sites for hydroxylation is 1. The Kier molecular flexibility index (Phi) is 7.78. The number of nitrogens with zero attached hydrogens (tertiary/aromatic N) is 1. The van der Waals surface area contributed by atoms with Crippen molar-refractivity contribution >= 4 is 11.8 Å². The zero-order chi connectivity index (χ0) is 28.3. The number of carbonyl (C=O) groups is 2. The van der Waals surface area contributed by atoms with Crippen LogP contribution < -0.4 is 10.1 Å². The average Bonchev–Trinajstić information content (AvgIpc) is 3.43. The molecule has 3 aromatic carbocycles. The zero-order valence-electron chi connectivity index (χ0n) is 23.6. The Labute approximate surface area is 236 Å². The normalized spacial score (nSPS) is 14.9. The molecule has 1 aliphatic rings. The van der Waals surface area contributed by atoms with Gasteiger partial charge in [0, 0.05) is 18.5 Å². The fourth-order valence-corrected chi connectivity index (χ4v) is 5.15. The van der Waals surface area contributed by atoms with E-state index < -0.39 is 5.41 Å².